The van der Waals surface area contributed by atoms with Crippen molar-refractivity contribution in [2.24, 2.45) is 13.0 Å². The number of piperidine rings is 1. The third kappa shape index (κ3) is 2.32. The summed E-state index contributed by atoms with van der Waals surface area (Å²) in [5.41, 5.74) is 2.55. The fourth-order valence-corrected chi connectivity index (χ4v) is 2.91. The highest BCUT2D eigenvalue weighted by molar-refractivity contribution is 9.09. The van der Waals surface area contributed by atoms with Gasteiger partial charge in [-0.3, -0.25) is 9.48 Å². The summed E-state index contributed by atoms with van der Waals surface area (Å²) in [5.74, 6) is 0.629. The quantitative estimate of drug-likeness (QED) is 0.746. The Morgan fingerprint density at radius 2 is 2.11 bits per heavy atom. The summed E-state index contributed by atoms with van der Waals surface area (Å²) in [4.78, 5) is 15.0. The van der Waals surface area contributed by atoms with Crippen LogP contribution in [-0.4, -0.2) is 38.5 Å². The number of aryl methyl sites for hydroxylation is 2. The summed E-state index contributed by atoms with van der Waals surface area (Å²) in [6.07, 6.45) is 1.02. The minimum absolute atomic E-state index is 0.129. The Hall–Kier alpha value is -0.840. The molecule has 0 N–H and O–H groups in total. The molecule has 2 atom stereocenters. The average molecular weight is 314 g/mol. The van der Waals surface area contributed by atoms with Crippen LogP contribution < -0.4 is 0 Å². The molecule has 2 unspecified atom stereocenters. The standard InChI is InChI=1S/C13H20BrN3O/c1-8-7-17(6-5-11(8)14)13(18)12-9(2)15-16(4)10(12)3/h8,11H,5-7H2,1-4H3. The van der Waals surface area contributed by atoms with Gasteiger partial charge in [-0.1, -0.05) is 22.9 Å². The third-order valence-corrected chi connectivity index (χ3v) is 5.17. The number of carbonyl (C=O) groups is 1. The van der Waals surface area contributed by atoms with Gasteiger partial charge in [-0.25, -0.2) is 0 Å². The molecule has 0 aliphatic carbocycles. The molecule has 2 rings (SSSR count). The van der Waals surface area contributed by atoms with Crippen LogP contribution >= 0.6 is 15.9 Å². The predicted octanol–water partition coefficient (Wildman–Crippen LogP) is 2.28. The van der Waals surface area contributed by atoms with Crippen LogP contribution in [0.5, 0.6) is 0 Å². The molecule has 18 heavy (non-hydrogen) atoms. The smallest absolute Gasteiger partial charge is 0.257 e. The zero-order valence-corrected chi connectivity index (χ0v) is 13.0. The van der Waals surface area contributed by atoms with E-state index in [0.717, 1.165) is 36.5 Å². The van der Waals surface area contributed by atoms with Crippen molar-refractivity contribution in [1.29, 1.82) is 0 Å². The first-order valence-electron chi connectivity index (χ1n) is 6.35. The predicted molar refractivity (Wildman–Crippen MR) is 75.1 cm³/mol. The first-order valence-corrected chi connectivity index (χ1v) is 7.27. The highest BCUT2D eigenvalue weighted by Crippen LogP contribution is 2.25. The average Bonchev–Trinajstić information content (AvgIpc) is 2.56. The van der Waals surface area contributed by atoms with E-state index in [0.29, 0.717) is 10.7 Å². The molecule has 1 aliphatic rings. The van der Waals surface area contributed by atoms with Gasteiger partial charge < -0.3 is 4.90 Å². The highest BCUT2D eigenvalue weighted by Gasteiger charge is 2.29. The second-order valence-corrected chi connectivity index (χ2v) is 6.38. The molecule has 1 amide bonds. The van der Waals surface area contributed by atoms with Crippen LogP contribution in [0.3, 0.4) is 0 Å². The number of carbonyl (C=O) groups excluding carboxylic acids is 1. The minimum atomic E-state index is 0.129. The van der Waals surface area contributed by atoms with Crippen molar-refractivity contribution >= 4 is 21.8 Å². The van der Waals surface area contributed by atoms with Crippen molar-refractivity contribution in [2.45, 2.75) is 32.0 Å². The van der Waals surface area contributed by atoms with Gasteiger partial charge in [0.2, 0.25) is 0 Å². The lowest BCUT2D eigenvalue weighted by molar-refractivity contribution is 0.0689. The van der Waals surface area contributed by atoms with E-state index in [2.05, 4.69) is 28.0 Å². The van der Waals surface area contributed by atoms with Crippen molar-refractivity contribution in [3.63, 3.8) is 0 Å². The molecule has 0 saturated carbocycles. The van der Waals surface area contributed by atoms with Gasteiger partial charge in [0.25, 0.3) is 5.91 Å². The van der Waals surface area contributed by atoms with Crippen molar-refractivity contribution in [2.75, 3.05) is 13.1 Å². The van der Waals surface area contributed by atoms with Gasteiger partial charge in [0.05, 0.1) is 11.3 Å². The lowest BCUT2D eigenvalue weighted by Crippen LogP contribution is -2.43. The number of rotatable bonds is 1. The molecule has 0 spiro atoms. The maximum absolute atomic E-state index is 12.6. The van der Waals surface area contributed by atoms with E-state index in [4.69, 9.17) is 0 Å². The molecule has 1 saturated heterocycles. The molecule has 0 aromatic carbocycles. The molecule has 1 aliphatic heterocycles. The first-order chi connectivity index (χ1) is 8.41. The number of halogens is 1. The highest BCUT2D eigenvalue weighted by atomic mass is 79.9. The van der Waals surface area contributed by atoms with E-state index in [9.17, 15) is 4.79 Å². The van der Waals surface area contributed by atoms with Gasteiger partial charge in [-0.15, -0.1) is 0 Å². The molecule has 1 aromatic heterocycles. The van der Waals surface area contributed by atoms with Gasteiger partial charge in [-0.2, -0.15) is 5.10 Å². The van der Waals surface area contributed by atoms with E-state index in [1.807, 2.05) is 25.8 Å². The molecule has 0 radical (unpaired) electrons. The normalized spacial score (nSPS) is 24.4. The summed E-state index contributed by atoms with van der Waals surface area (Å²) in [6.45, 7) is 7.69. The molecule has 100 valence electrons. The third-order valence-electron chi connectivity index (χ3n) is 3.81. The van der Waals surface area contributed by atoms with Crippen LogP contribution in [0.25, 0.3) is 0 Å². The minimum Gasteiger partial charge on any atom is -0.338 e. The van der Waals surface area contributed by atoms with Gasteiger partial charge in [-0.05, 0) is 26.2 Å². The van der Waals surface area contributed by atoms with Crippen LogP contribution in [0.2, 0.25) is 0 Å². The van der Waals surface area contributed by atoms with Gasteiger partial charge in [0.15, 0.2) is 0 Å². The molecular formula is C13H20BrN3O. The van der Waals surface area contributed by atoms with Gasteiger partial charge in [0.1, 0.15) is 0 Å². The second-order valence-electron chi connectivity index (χ2n) is 5.20. The fourth-order valence-electron chi connectivity index (χ4n) is 2.54. The zero-order chi connectivity index (χ0) is 13.4. The second kappa shape index (κ2) is 5.03. The van der Waals surface area contributed by atoms with Crippen LogP contribution in [-0.2, 0) is 7.05 Å². The Bertz CT molecular complexity index is 469. The van der Waals surface area contributed by atoms with E-state index >= 15 is 0 Å². The monoisotopic (exact) mass is 313 g/mol. The summed E-state index contributed by atoms with van der Waals surface area (Å²) in [6, 6.07) is 0. The number of hydrogen-bond donors (Lipinski definition) is 0. The Morgan fingerprint density at radius 3 is 2.61 bits per heavy atom. The Balaban J connectivity index is 2.21. The molecule has 2 heterocycles. The van der Waals surface area contributed by atoms with Gasteiger partial charge in [0, 0.05) is 30.7 Å². The number of nitrogens with zero attached hydrogens (tertiary/aromatic N) is 3. The van der Waals surface area contributed by atoms with Crippen LogP contribution in [0, 0.1) is 19.8 Å². The number of amides is 1. The summed E-state index contributed by atoms with van der Waals surface area (Å²) in [5, 5.41) is 4.32. The van der Waals surface area contributed by atoms with Crippen molar-refractivity contribution in [3.05, 3.63) is 17.0 Å². The van der Waals surface area contributed by atoms with E-state index in [1.165, 1.54) is 0 Å². The molecule has 4 nitrogen and oxygen atoms in total. The number of alkyl halides is 1. The largest absolute Gasteiger partial charge is 0.338 e. The molecule has 1 fully saturated rings. The molecule has 5 heteroatoms. The van der Waals surface area contributed by atoms with Crippen molar-refractivity contribution in [3.8, 4) is 0 Å². The SMILES string of the molecule is Cc1nn(C)c(C)c1C(=O)N1CCC(Br)C(C)C1. The maximum Gasteiger partial charge on any atom is 0.257 e. The van der Waals surface area contributed by atoms with Crippen molar-refractivity contribution in [1.82, 2.24) is 14.7 Å². The Labute approximate surface area is 116 Å². The van der Waals surface area contributed by atoms with Crippen LogP contribution in [0.1, 0.15) is 35.1 Å². The van der Waals surface area contributed by atoms with E-state index in [-0.39, 0.29) is 5.91 Å². The molecule has 0 bridgehead atoms. The number of likely N-dealkylation sites (tertiary alicyclic amines) is 1. The summed E-state index contributed by atoms with van der Waals surface area (Å²) >= 11 is 3.67. The van der Waals surface area contributed by atoms with Crippen LogP contribution in [0.15, 0.2) is 0 Å². The molecule has 1 aromatic rings. The summed E-state index contributed by atoms with van der Waals surface area (Å²) in [7, 11) is 1.88. The first kappa shape index (κ1) is 13.6. The number of hydrogen-bond acceptors (Lipinski definition) is 2. The lowest BCUT2D eigenvalue weighted by atomic mass is 9.99. The van der Waals surface area contributed by atoms with E-state index in [1.54, 1.807) is 4.68 Å². The van der Waals surface area contributed by atoms with E-state index < -0.39 is 0 Å². The van der Waals surface area contributed by atoms with Gasteiger partial charge >= 0.3 is 0 Å². The van der Waals surface area contributed by atoms with Crippen LogP contribution in [0.4, 0.5) is 0 Å². The molecular weight excluding hydrogens is 294 g/mol. The zero-order valence-electron chi connectivity index (χ0n) is 11.4. The summed E-state index contributed by atoms with van der Waals surface area (Å²) < 4.78 is 1.78. The lowest BCUT2D eigenvalue weighted by Gasteiger charge is -2.34. The fraction of sp³-hybridized carbons (Fsp3) is 0.692. The Kier molecular flexibility index (Phi) is 3.80. The van der Waals surface area contributed by atoms with Crippen molar-refractivity contribution < 1.29 is 4.79 Å². The maximum atomic E-state index is 12.6. The topological polar surface area (TPSA) is 38.1 Å². The Morgan fingerprint density at radius 1 is 1.44 bits per heavy atom. The number of aromatic nitrogens is 2.